The molecule has 0 saturated heterocycles. The van der Waals surface area contributed by atoms with Crippen LogP contribution in [-0.4, -0.2) is 28.7 Å². The van der Waals surface area contributed by atoms with Crippen molar-refractivity contribution >= 4 is 28.6 Å². The lowest BCUT2D eigenvalue weighted by Gasteiger charge is -2.36. The quantitative estimate of drug-likeness (QED) is 0.372. The highest BCUT2D eigenvalue weighted by Gasteiger charge is 2.31. The molecule has 4 rings (SSSR count). The molecule has 1 heterocycles. The van der Waals surface area contributed by atoms with Gasteiger partial charge in [0, 0.05) is 18.2 Å². The lowest BCUT2D eigenvalue weighted by molar-refractivity contribution is -0.140. The summed E-state index contributed by atoms with van der Waals surface area (Å²) in [6, 6.07) is 14.8. The lowest BCUT2D eigenvalue weighted by atomic mass is 9.75. The predicted molar refractivity (Wildman–Crippen MR) is 137 cm³/mol. The van der Waals surface area contributed by atoms with Crippen molar-refractivity contribution < 1.29 is 14.3 Å². The number of aryl methyl sites for hydroxylation is 1. The van der Waals surface area contributed by atoms with Crippen LogP contribution in [0.2, 0.25) is 0 Å². The fourth-order valence-corrected chi connectivity index (χ4v) is 5.00. The molecule has 0 spiro atoms. The van der Waals surface area contributed by atoms with Crippen LogP contribution in [0.4, 0.5) is 11.6 Å². The van der Waals surface area contributed by atoms with E-state index in [9.17, 15) is 4.79 Å². The summed E-state index contributed by atoms with van der Waals surface area (Å²) in [5.74, 6) is 1.53. The van der Waals surface area contributed by atoms with Crippen molar-refractivity contribution in [1.29, 1.82) is 0 Å². The van der Waals surface area contributed by atoms with E-state index in [1.54, 1.807) is 0 Å². The molecule has 6 nitrogen and oxygen atoms in total. The van der Waals surface area contributed by atoms with Crippen molar-refractivity contribution in [3.8, 4) is 5.75 Å². The van der Waals surface area contributed by atoms with Crippen molar-refractivity contribution in [2.45, 2.75) is 78.4 Å². The van der Waals surface area contributed by atoms with Crippen LogP contribution in [0.15, 0.2) is 42.5 Å². The number of hydrogen-bond acceptors (Lipinski definition) is 5. The Balaban J connectivity index is 1.67. The van der Waals surface area contributed by atoms with Gasteiger partial charge in [0.25, 0.3) is 0 Å². The van der Waals surface area contributed by atoms with Gasteiger partial charge in [0.1, 0.15) is 5.75 Å². The minimum atomic E-state index is -0.192. The van der Waals surface area contributed by atoms with Gasteiger partial charge in [-0.2, -0.15) is 0 Å². The Labute approximate surface area is 202 Å². The summed E-state index contributed by atoms with van der Waals surface area (Å²) in [6.07, 6.45) is 5.91. The first kappa shape index (κ1) is 24.1. The molecule has 1 saturated carbocycles. The largest absolute Gasteiger partial charge is 0.491 e. The molecule has 2 aromatic carbocycles. The van der Waals surface area contributed by atoms with Crippen molar-refractivity contribution in [3.63, 3.8) is 0 Å². The van der Waals surface area contributed by atoms with Crippen molar-refractivity contribution in [3.05, 3.63) is 48.0 Å². The number of methoxy groups -OCH3 is 1. The highest BCUT2D eigenvalue weighted by atomic mass is 16.5. The molecule has 0 amide bonds. The first-order valence-corrected chi connectivity index (χ1v) is 12.4. The third kappa shape index (κ3) is 5.72. The smallest absolute Gasteiger partial charge is 0.305 e. The molecule has 0 radical (unpaired) electrons. The van der Waals surface area contributed by atoms with E-state index < -0.39 is 0 Å². The number of benzene rings is 2. The lowest BCUT2D eigenvalue weighted by Crippen LogP contribution is -2.25. The number of carbonyl (C=O) groups is 1. The molecular weight excluding hydrogens is 426 g/mol. The Morgan fingerprint density at radius 2 is 1.97 bits per heavy atom. The van der Waals surface area contributed by atoms with Gasteiger partial charge in [0.15, 0.2) is 0 Å². The molecule has 182 valence electrons. The van der Waals surface area contributed by atoms with Crippen LogP contribution in [0.25, 0.3) is 11.0 Å². The van der Waals surface area contributed by atoms with E-state index in [1.807, 2.05) is 38.1 Å². The summed E-state index contributed by atoms with van der Waals surface area (Å²) in [6.45, 7) is 8.78. The highest BCUT2D eigenvalue weighted by molar-refractivity contribution is 5.81. The van der Waals surface area contributed by atoms with Crippen LogP contribution < -0.4 is 10.1 Å². The van der Waals surface area contributed by atoms with E-state index in [-0.39, 0.29) is 12.1 Å². The summed E-state index contributed by atoms with van der Waals surface area (Å²) in [7, 11) is 1.43. The number of fused-ring (bicyclic) bond motifs is 1. The van der Waals surface area contributed by atoms with Crippen LogP contribution in [0.3, 0.4) is 0 Å². The first-order chi connectivity index (χ1) is 16.2. The number of aromatic nitrogens is 2. The average Bonchev–Trinajstić information content (AvgIpc) is 3.14. The van der Waals surface area contributed by atoms with Crippen LogP contribution >= 0.6 is 0 Å². The third-order valence-corrected chi connectivity index (χ3v) is 6.63. The predicted octanol–water partition coefficient (Wildman–Crippen LogP) is 6.81. The second kappa shape index (κ2) is 10.1. The fraction of sp³-hybridized carbons (Fsp3) is 0.500. The number of nitrogens with zero attached hydrogens (tertiary/aromatic N) is 2. The average molecular weight is 464 g/mol. The fourth-order valence-electron chi connectivity index (χ4n) is 5.00. The number of rotatable bonds is 8. The second-order valence-electron chi connectivity index (χ2n) is 10.4. The van der Waals surface area contributed by atoms with Crippen LogP contribution in [0.5, 0.6) is 5.75 Å². The Morgan fingerprint density at radius 3 is 2.65 bits per heavy atom. The number of ether oxygens (including phenoxy) is 2. The van der Waals surface area contributed by atoms with E-state index in [4.69, 9.17) is 14.5 Å². The SMILES string of the molecule is COC(=O)CCc1ccc2c(c1)nc(Nc1ccc(OC(C)C)cc1)n2C1CCCC(C)(C)C1. The van der Waals surface area contributed by atoms with Gasteiger partial charge in [-0.05, 0) is 86.9 Å². The zero-order chi connectivity index (χ0) is 24.3. The Kier molecular flexibility index (Phi) is 7.15. The van der Waals surface area contributed by atoms with Gasteiger partial charge in [-0.3, -0.25) is 4.79 Å². The van der Waals surface area contributed by atoms with E-state index in [2.05, 4.69) is 41.9 Å². The Hall–Kier alpha value is -3.02. The molecule has 1 aliphatic carbocycles. The van der Waals surface area contributed by atoms with Crippen LogP contribution in [-0.2, 0) is 16.0 Å². The van der Waals surface area contributed by atoms with E-state index in [1.165, 1.54) is 20.0 Å². The molecule has 1 N–H and O–H groups in total. The van der Waals surface area contributed by atoms with Gasteiger partial charge in [0.05, 0.1) is 24.2 Å². The van der Waals surface area contributed by atoms with E-state index >= 15 is 0 Å². The van der Waals surface area contributed by atoms with Gasteiger partial charge < -0.3 is 19.4 Å². The maximum atomic E-state index is 11.6. The molecule has 34 heavy (non-hydrogen) atoms. The van der Waals surface area contributed by atoms with Gasteiger partial charge >= 0.3 is 5.97 Å². The first-order valence-electron chi connectivity index (χ1n) is 12.4. The van der Waals surface area contributed by atoms with Crippen LogP contribution in [0.1, 0.15) is 71.4 Å². The molecule has 0 bridgehead atoms. The minimum absolute atomic E-state index is 0.144. The van der Waals surface area contributed by atoms with Crippen LogP contribution in [0, 0.1) is 5.41 Å². The maximum absolute atomic E-state index is 11.6. The Morgan fingerprint density at radius 1 is 1.21 bits per heavy atom. The van der Waals surface area contributed by atoms with Crippen molar-refractivity contribution in [2.75, 3.05) is 12.4 Å². The topological polar surface area (TPSA) is 65.4 Å². The van der Waals surface area contributed by atoms with Gasteiger partial charge in [-0.25, -0.2) is 4.98 Å². The number of imidazole rings is 1. The van der Waals surface area contributed by atoms with Gasteiger partial charge in [-0.1, -0.05) is 26.3 Å². The zero-order valence-corrected chi connectivity index (χ0v) is 21.1. The number of anilines is 2. The summed E-state index contributed by atoms with van der Waals surface area (Å²) in [5, 5.41) is 3.57. The summed E-state index contributed by atoms with van der Waals surface area (Å²) in [4.78, 5) is 16.6. The molecule has 1 aromatic heterocycles. The molecule has 1 atom stereocenters. The van der Waals surface area contributed by atoms with Gasteiger partial charge in [-0.15, -0.1) is 0 Å². The maximum Gasteiger partial charge on any atom is 0.305 e. The minimum Gasteiger partial charge on any atom is -0.491 e. The summed E-state index contributed by atoms with van der Waals surface area (Å²) >= 11 is 0. The molecule has 6 heteroatoms. The molecule has 1 fully saturated rings. The monoisotopic (exact) mass is 463 g/mol. The molecular formula is C28H37N3O3. The summed E-state index contributed by atoms with van der Waals surface area (Å²) < 4.78 is 13.0. The molecule has 1 unspecified atom stereocenters. The van der Waals surface area contributed by atoms with E-state index in [0.29, 0.717) is 24.3 Å². The molecule has 0 aliphatic heterocycles. The number of hydrogen-bond donors (Lipinski definition) is 1. The molecule has 1 aliphatic rings. The van der Waals surface area contributed by atoms with E-state index in [0.717, 1.165) is 46.8 Å². The van der Waals surface area contributed by atoms with Gasteiger partial charge in [0.2, 0.25) is 5.95 Å². The second-order valence-corrected chi connectivity index (χ2v) is 10.4. The zero-order valence-electron chi connectivity index (χ0n) is 21.1. The molecule has 3 aromatic rings. The standard InChI is InChI=1S/C28H37N3O3/c1-19(2)34-23-12-10-21(11-13-23)29-27-30-24-17-20(9-15-26(32)33-5)8-14-25(24)31(27)22-7-6-16-28(3,4)18-22/h8,10-14,17,19,22H,6-7,9,15-16,18H2,1-5H3,(H,29,30). The number of esters is 1. The highest BCUT2D eigenvalue weighted by Crippen LogP contribution is 2.43. The Bertz CT molecular complexity index is 1130. The normalized spacial score (nSPS) is 17.6. The van der Waals surface area contributed by atoms with Crippen molar-refractivity contribution in [1.82, 2.24) is 9.55 Å². The number of nitrogens with one attached hydrogen (secondary N) is 1. The number of carbonyl (C=O) groups excluding carboxylic acids is 1. The third-order valence-electron chi connectivity index (χ3n) is 6.63. The summed E-state index contributed by atoms with van der Waals surface area (Å²) in [5.41, 5.74) is 4.47. The van der Waals surface area contributed by atoms with Crippen molar-refractivity contribution in [2.24, 2.45) is 5.41 Å².